The van der Waals surface area contributed by atoms with E-state index in [4.69, 9.17) is 0 Å². The van der Waals surface area contributed by atoms with Crippen LogP contribution in [0, 0.1) is 5.92 Å². The minimum Gasteiger partial charge on any atom is -0.385 e. The Hall–Kier alpha value is -1.84. The highest BCUT2D eigenvalue weighted by atomic mass is 32.2. The zero-order chi connectivity index (χ0) is 18.6. The predicted octanol–water partition coefficient (Wildman–Crippen LogP) is 1.26. The van der Waals surface area contributed by atoms with Crippen LogP contribution >= 0.6 is 0 Å². The molecule has 1 aromatic carbocycles. The normalized spacial score (nSPS) is 23.3. The van der Waals surface area contributed by atoms with Gasteiger partial charge in [-0.05, 0) is 69.7 Å². The summed E-state index contributed by atoms with van der Waals surface area (Å²) in [6.07, 6.45) is 3.88. The molecule has 0 unspecified atom stereocenters. The second-order valence-electron chi connectivity index (χ2n) is 7.21. The number of amidine groups is 1. The molecule has 0 spiro atoms. The molecule has 9 heteroatoms. The van der Waals surface area contributed by atoms with Crippen molar-refractivity contribution in [3.8, 4) is 0 Å². The van der Waals surface area contributed by atoms with E-state index < -0.39 is 10.0 Å². The van der Waals surface area contributed by atoms with E-state index in [0.29, 0.717) is 5.92 Å². The van der Waals surface area contributed by atoms with Crippen LogP contribution in [0.1, 0.15) is 45.1 Å². The van der Waals surface area contributed by atoms with Gasteiger partial charge in [0.05, 0.1) is 5.25 Å². The van der Waals surface area contributed by atoms with Crippen molar-refractivity contribution in [2.45, 2.75) is 50.8 Å². The monoisotopic (exact) mass is 380 g/mol. The highest BCUT2D eigenvalue weighted by molar-refractivity contribution is 7.90. The molecule has 0 aromatic heterocycles. The lowest BCUT2D eigenvalue weighted by atomic mass is 9.86. The molecule has 0 bridgehead atoms. The van der Waals surface area contributed by atoms with Gasteiger partial charge in [-0.15, -0.1) is 10.6 Å². The van der Waals surface area contributed by atoms with E-state index in [9.17, 15) is 8.42 Å². The Morgan fingerprint density at radius 1 is 1.15 bits per heavy atom. The molecule has 144 valence electrons. The number of hydrogen-bond acceptors (Lipinski definition) is 7. The van der Waals surface area contributed by atoms with Gasteiger partial charge in [-0.25, -0.2) is 18.7 Å². The van der Waals surface area contributed by atoms with Gasteiger partial charge < -0.3 is 5.32 Å². The van der Waals surface area contributed by atoms with Crippen LogP contribution in [0.15, 0.2) is 29.4 Å². The minimum absolute atomic E-state index is 0.0832. The van der Waals surface area contributed by atoms with Gasteiger partial charge in [0.2, 0.25) is 10.0 Å². The van der Waals surface area contributed by atoms with Gasteiger partial charge in [-0.2, -0.15) is 0 Å². The summed E-state index contributed by atoms with van der Waals surface area (Å²) in [5, 5.41) is 7.18. The lowest BCUT2D eigenvalue weighted by Crippen LogP contribution is -2.41. The van der Waals surface area contributed by atoms with Crippen LogP contribution in [-0.2, 0) is 10.0 Å². The summed E-state index contributed by atoms with van der Waals surface area (Å²) < 4.78 is 26.8. The molecular formula is C17H28N6O2S. The molecule has 1 saturated carbocycles. The number of nitrogens with zero attached hydrogens (tertiary/aromatic N) is 1. The van der Waals surface area contributed by atoms with Gasteiger partial charge >= 0.3 is 0 Å². The largest absolute Gasteiger partial charge is 0.385 e. The molecule has 8 nitrogen and oxygen atoms in total. The third-order valence-electron chi connectivity index (χ3n) is 4.96. The lowest BCUT2D eigenvalue weighted by Gasteiger charge is -2.29. The predicted molar refractivity (Wildman–Crippen MR) is 104 cm³/mol. The molecule has 0 atom stereocenters. The van der Waals surface area contributed by atoms with Gasteiger partial charge in [0.15, 0.2) is 5.84 Å². The van der Waals surface area contributed by atoms with E-state index in [-0.39, 0.29) is 11.3 Å². The number of hydrazine groups is 2. The molecule has 0 radical (unpaired) electrons. The van der Waals surface area contributed by atoms with Crippen LogP contribution in [0.4, 0.5) is 5.69 Å². The van der Waals surface area contributed by atoms with Gasteiger partial charge in [-0.1, -0.05) is 0 Å². The second-order valence-corrected chi connectivity index (χ2v) is 9.48. The maximum absolute atomic E-state index is 12.0. The zero-order valence-electron chi connectivity index (χ0n) is 15.2. The summed E-state index contributed by atoms with van der Waals surface area (Å²) in [6, 6.07) is 8.20. The van der Waals surface area contributed by atoms with E-state index in [1.165, 1.54) is 0 Å². The minimum atomic E-state index is -3.17. The Bertz CT molecular complexity index is 724. The Labute approximate surface area is 155 Å². The first-order valence-electron chi connectivity index (χ1n) is 9.13. The highest BCUT2D eigenvalue weighted by Crippen LogP contribution is 2.25. The molecule has 2 aliphatic rings. The number of sulfonamides is 1. The quantitative estimate of drug-likeness (QED) is 0.488. The lowest BCUT2D eigenvalue weighted by molar-refractivity contribution is 0.323. The molecule has 5 N–H and O–H groups in total. The van der Waals surface area contributed by atoms with Gasteiger partial charge in [0.1, 0.15) is 0 Å². The number of nitrogens with one attached hydrogen (secondary N) is 5. The van der Waals surface area contributed by atoms with Crippen LogP contribution < -0.4 is 26.5 Å². The second kappa shape index (κ2) is 8.24. The summed E-state index contributed by atoms with van der Waals surface area (Å²) in [6.45, 7) is 4.34. The first-order chi connectivity index (χ1) is 12.4. The van der Waals surface area contributed by atoms with Gasteiger partial charge in [-0.3, -0.25) is 5.43 Å². The van der Waals surface area contributed by atoms with Crippen LogP contribution in [0.3, 0.4) is 0 Å². The number of hydrogen-bond donors (Lipinski definition) is 5. The SMILES string of the molecule is CC(C)S(=O)(=O)NC1CCC(CNc2ccc(C3=NNNN3)cc2)CC1. The Morgan fingerprint density at radius 2 is 1.85 bits per heavy atom. The maximum Gasteiger partial charge on any atom is 0.214 e. The standard InChI is InChI=1S/C17H28N6O2S/c1-12(2)26(24,25)21-16-7-3-13(4-8-16)11-18-15-9-5-14(6-10-15)17-19-22-23-20-17/h5-6,9-10,12-13,16,18,21-23H,3-4,7-8,11H2,1-2H3,(H,19,20). The molecule has 26 heavy (non-hydrogen) atoms. The molecule has 0 saturated heterocycles. The number of benzene rings is 1. The van der Waals surface area contributed by atoms with E-state index in [1.807, 2.05) is 24.3 Å². The Morgan fingerprint density at radius 3 is 2.42 bits per heavy atom. The molecule has 1 aliphatic carbocycles. The van der Waals surface area contributed by atoms with E-state index >= 15 is 0 Å². The third kappa shape index (κ3) is 4.87. The van der Waals surface area contributed by atoms with Gasteiger partial charge in [0.25, 0.3) is 0 Å². The molecule has 1 aromatic rings. The average molecular weight is 381 g/mol. The van der Waals surface area contributed by atoms with Crippen molar-refractivity contribution in [1.82, 2.24) is 21.2 Å². The highest BCUT2D eigenvalue weighted by Gasteiger charge is 2.26. The van der Waals surface area contributed by atoms with Crippen LogP contribution in [0.5, 0.6) is 0 Å². The Balaban J connectivity index is 1.42. The fourth-order valence-corrected chi connectivity index (χ4v) is 4.17. The van der Waals surface area contributed by atoms with Crippen molar-refractivity contribution in [2.75, 3.05) is 11.9 Å². The summed E-state index contributed by atoms with van der Waals surface area (Å²) in [5.41, 5.74) is 10.4. The zero-order valence-corrected chi connectivity index (χ0v) is 16.1. The average Bonchev–Trinajstić information content (AvgIpc) is 3.16. The summed E-state index contributed by atoms with van der Waals surface area (Å²) in [5.74, 6) is 1.34. The fraction of sp³-hybridized carbons (Fsp3) is 0.588. The number of rotatable bonds is 7. The first-order valence-corrected chi connectivity index (χ1v) is 10.7. The van der Waals surface area contributed by atoms with Crippen molar-refractivity contribution in [1.29, 1.82) is 0 Å². The van der Waals surface area contributed by atoms with Crippen molar-refractivity contribution in [3.05, 3.63) is 29.8 Å². The Kier molecular flexibility index (Phi) is 6.00. The summed E-state index contributed by atoms with van der Waals surface area (Å²) >= 11 is 0. The first kappa shape index (κ1) is 18.9. The van der Waals surface area contributed by atoms with E-state index in [2.05, 4.69) is 31.6 Å². The van der Waals surface area contributed by atoms with Crippen molar-refractivity contribution in [3.63, 3.8) is 0 Å². The fourth-order valence-electron chi connectivity index (χ4n) is 3.20. The molecule has 3 rings (SSSR count). The summed E-state index contributed by atoms with van der Waals surface area (Å²) in [4.78, 5) is 0. The maximum atomic E-state index is 12.0. The number of anilines is 1. The molecule has 0 amide bonds. The van der Waals surface area contributed by atoms with E-state index in [1.54, 1.807) is 13.8 Å². The van der Waals surface area contributed by atoms with E-state index in [0.717, 1.165) is 49.3 Å². The topological polar surface area (TPSA) is 107 Å². The van der Waals surface area contributed by atoms with Crippen molar-refractivity contribution < 1.29 is 8.42 Å². The third-order valence-corrected chi connectivity index (χ3v) is 6.86. The molecule has 1 aliphatic heterocycles. The number of hydrazone groups is 1. The smallest absolute Gasteiger partial charge is 0.214 e. The van der Waals surface area contributed by atoms with Crippen molar-refractivity contribution >= 4 is 21.5 Å². The molecule has 1 fully saturated rings. The van der Waals surface area contributed by atoms with Gasteiger partial charge in [0, 0.05) is 23.8 Å². The molecular weight excluding hydrogens is 352 g/mol. The van der Waals surface area contributed by atoms with Crippen LogP contribution in [0.2, 0.25) is 0 Å². The van der Waals surface area contributed by atoms with Crippen LogP contribution in [0.25, 0.3) is 0 Å². The summed E-state index contributed by atoms with van der Waals surface area (Å²) in [7, 11) is -3.17. The molecule has 1 heterocycles. The van der Waals surface area contributed by atoms with Crippen molar-refractivity contribution in [2.24, 2.45) is 11.0 Å². The van der Waals surface area contributed by atoms with Crippen LogP contribution in [-0.4, -0.2) is 32.1 Å².